The molecule has 1 aliphatic rings. The van der Waals surface area contributed by atoms with Crippen molar-refractivity contribution in [3.05, 3.63) is 75.9 Å². The van der Waals surface area contributed by atoms with Crippen LogP contribution in [0.1, 0.15) is 21.5 Å². The van der Waals surface area contributed by atoms with Crippen molar-refractivity contribution >= 4 is 33.6 Å². The van der Waals surface area contributed by atoms with E-state index in [1.54, 1.807) is 23.0 Å². The topological polar surface area (TPSA) is 68.5 Å². The summed E-state index contributed by atoms with van der Waals surface area (Å²) in [5.41, 5.74) is 3.20. The number of anilines is 1. The van der Waals surface area contributed by atoms with Gasteiger partial charge in [0.1, 0.15) is 12.4 Å². The average molecular weight is 425 g/mol. The van der Waals surface area contributed by atoms with Crippen LogP contribution in [-0.4, -0.2) is 34.7 Å². The number of hydrogen-bond acceptors (Lipinski definition) is 4. The Kier molecular flexibility index (Phi) is 4.77. The van der Waals surface area contributed by atoms with Crippen LogP contribution in [0.3, 0.4) is 0 Å². The molecule has 4 rings (SSSR count). The van der Waals surface area contributed by atoms with E-state index in [2.05, 4.69) is 31.3 Å². The molecule has 0 fully saturated rings. The number of hydrogen-bond donors (Lipinski definition) is 1. The largest absolute Gasteiger partial charge is 0.475 e. The van der Waals surface area contributed by atoms with Crippen molar-refractivity contribution in [1.29, 1.82) is 0 Å². The minimum absolute atomic E-state index is 0.231. The van der Waals surface area contributed by atoms with Crippen LogP contribution in [0.4, 0.5) is 5.82 Å². The third-order valence-electron chi connectivity index (χ3n) is 4.18. The first-order valence-corrected chi connectivity index (χ1v) is 9.31. The van der Waals surface area contributed by atoms with Crippen molar-refractivity contribution in [2.24, 2.45) is 4.99 Å². The fourth-order valence-electron chi connectivity index (χ4n) is 2.81. The van der Waals surface area contributed by atoms with Gasteiger partial charge in [-0.2, -0.15) is 5.10 Å². The van der Waals surface area contributed by atoms with Crippen molar-refractivity contribution in [2.75, 3.05) is 18.5 Å². The zero-order chi connectivity index (χ0) is 18.8. The van der Waals surface area contributed by atoms with Crippen LogP contribution in [0.25, 0.3) is 5.69 Å². The Balaban J connectivity index is 1.75. The lowest BCUT2D eigenvalue weighted by atomic mass is 10.2. The van der Waals surface area contributed by atoms with Crippen molar-refractivity contribution in [2.45, 2.75) is 6.92 Å². The summed E-state index contributed by atoms with van der Waals surface area (Å²) in [6, 6.07) is 15.1. The Hall–Kier alpha value is -2.93. The lowest BCUT2D eigenvalue weighted by Crippen LogP contribution is -2.17. The monoisotopic (exact) mass is 424 g/mol. The van der Waals surface area contributed by atoms with Gasteiger partial charge in [-0.1, -0.05) is 39.7 Å². The summed E-state index contributed by atoms with van der Waals surface area (Å²) < 4.78 is 8.12. The third kappa shape index (κ3) is 3.64. The van der Waals surface area contributed by atoms with Crippen LogP contribution in [0.2, 0.25) is 0 Å². The Labute approximate surface area is 165 Å². The highest BCUT2D eigenvalue weighted by molar-refractivity contribution is 9.10. The first kappa shape index (κ1) is 17.5. The summed E-state index contributed by atoms with van der Waals surface area (Å²) in [6.07, 6.45) is 1.67. The van der Waals surface area contributed by atoms with E-state index >= 15 is 0 Å². The van der Waals surface area contributed by atoms with Crippen LogP contribution in [0, 0.1) is 6.92 Å². The van der Waals surface area contributed by atoms with Crippen molar-refractivity contribution in [3.63, 3.8) is 0 Å². The number of aromatic nitrogens is 2. The molecule has 136 valence electrons. The molecular formula is C20H17BrN4O2. The molecule has 0 saturated heterocycles. The molecule has 0 saturated carbocycles. The van der Waals surface area contributed by atoms with Gasteiger partial charge < -0.3 is 10.1 Å². The summed E-state index contributed by atoms with van der Waals surface area (Å²) in [5.74, 6) is 0.799. The van der Waals surface area contributed by atoms with Gasteiger partial charge in [0.25, 0.3) is 5.91 Å². The van der Waals surface area contributed by atoms with E-state index in [4.69, 9.17) is 4.74 Å². The fraction of sp³-hybridized carbons (Fsp3) is 0.150. The molecule has 7 heteroatoms. The highest BCUT2D eigenvalue weighted by Crippen LogP contribution is 2.24. The number of aliphatic imine (C=N–C) groups is 1. The van der Waals surface area contributed by atoms with E-state index in [0.717, 1.165) is 15.7 Å². The molecule has 1 aliphatic heterocycles. The summed E-state index contributed by atoms with van der Waals surface area (Å²) in [4.78, 5) is 17.2. The molecule has 1 amide bonds. The predicted octanol–water partition coefficient (Wildman–Crippen LogP) is 3.97. The molecule has 0 atom stereocenters. The SMILES string of the molecule is Cc1ccc(-n2ncc(C3=NCCO3)c2NC(=O)c2cccc(Br)c2)cc1. The lowest BCUT2D eigenvalue weighted by molar-refractivity contribution is 0.102. The second kappa shape index (κ2) is 7.36. The zero-order valence-electron chi connectivity index (χ0n) is 14.6. The number of aryl methyl sites for hydroxylation is 1. The molecule has 2 aromatic carbocycles. The van der Waals surface area contributed by atoms with Gasteiger partial charge >= 0.3 is 0 Å². The third-order valence-corrected chi connectivity index (χ3v) is 4.68. The number of amides is 1. The molecule has 0 bridgehead atoms. The van der Waals surface area contributed by atoms with E-state index in [1.165, 1.54) is 0 Å². The number of carbonyl (C=O) groups is 1. The molecule has 6 nitrogen and oxygen atoms in total. The summed E-state index contributed by atoms with van der Waals surface area (Å²) in [6.45, 7) is 3.16. The van der Waals surface area contributed by atoms with Gasteiger partial charge in [0, 0.05) is 10.0 Å². The first-order valence-electron chi connectivity index (χ1n) is 8.51. The number of halogens is 1. The van der Waals surface area contributed by atoms with Crippen molar-refractivity contribution in [1.82, 2.24) is 9.78 Å². The maximum Gasteiger partial charge on any atom is 0.256 e. The zero-order valence-corrected chi connectivity index (χ0v) is 16.2. The summed E-state index contributed by atoms with van der Waals surface area (Å²) >= 11 is 3.40. The second-order valence-electron chi connectivity index (χ2n) is 6.15. The van der Waals surface area contributed by atoms with E-state index in [9.17, 15) is 4.79 Å². The molecule has 27 heavy (non-hydrogen) atoms. The number of rotatable bonds is 4. The Morgan fingerprint density at radius 1 is 1.22 bits per heavy atom. The van der Waals surface area contributed by atoms with Gasteiger partial charge in [0.2, 0.25) is 5.90 Å². The Morgan fingerprint density at radius 2 is 2.04 bits per heavy atom. The fourth-order valence-corrected chi connectivity index (χ4v) is 3.21. The Bertz CT molecular complexity index is 1020. The van der Waals surface area contributed by atoms with Crippen molar-refractivity contribution < 1.29 is 9.53 Å². The van der Waals surface area contributed by atoms with E-state index in [0.29, 0.717) is 36.0 Å². The van der Waals surface area contributed by atoms with Gasteiger partial charge in [-0.3, -0.25) is 4.79 Å². The maximum atomic E-state index is 12.8. The van der Waals surface area contributed by atoms with Crippen LogP contribution in [-0.2, 0) is 4.74 Å². The van der Waals surface area contributed by atoms with Gasteiger partial charge in [0.05, 0.1) is 24.0 Å². The molecule has 0 unspecified atom stereocenters. The van der Waals surface area contributed by atoms with Gasteiger partial charge in [-0.15, -0.1) is 0 Å². The van der Waals surface area contributed by atoms with Gasteiger partial charge in [0.15, 0.2) is 0 Å². The summed E-state index contributed by atoms with van der Waals surface area (Å²) in [7, 11) is 0. The summed E-state index contributed by atoms with van der Waals surface area (Å²) in [5, 5.41) is 7.43. The minimum atomic E-state index is -0.231. The quantitative estimate of drug-likeness (QED) is 0.688. The second-order valence-corrected chi connectivity index (χ2v) is 7.07. The van der Waals surface area contributed by atoms with Gasteiger partial charge in [-0.05, 0) is 37.3 Å². The van der Waals surface area contributed by atoms with Gasteiger partial charge in [-0.25, -0.2) is 9.67 Å². The molecule has 1 N–H and O–H groups in total. The highest BCUT2D eigenvalue weighted by Gasteiger charge is 2.22. The molecular weight excluding hydrogens is 408 g/mol. The van der Waals surface area contributed by atoms with Crippen LogP contribution >= 0.6 is 15.9 Å². The minimum Gasteiger partial charge on any atom is -0.475 e. The molecule has 3 aromatic rings. The molecule has 2 heterocycles. The lowest BCUT2D eigenvalue weighted by Gasteiger charge is -2.12. The molecule has 0 spiro atoms. The number of nitrogens with one attached hydrogen (secondary N) is 1. The average Bonchev–Trinajstić information content (AvgIpc) is 3.32. The smallest absolute Gasteiger partial charge is 0.256 e. The van der Waals surface area contributed by atoms with E-state index in [1.807, 2.05) is 43.3 Å². The highest BCUT2D eigenvalue weighted by atomic mass is 79.9. The molecule has 0 aliphatic carbocycles. The molecule has 1 aromatic heterocycles. The van der Waals surface area contributed by atoms with E-state index in [-0.39, 0.29) is 5.91 Å². The maximum absolute atomic E-state index is 12.8. The van der Waals surface area contributed by atoms with E-state index < -0.39 is 0 Å². The Morgan fingerprint density at radius 3 is 2.74 bits per heavy atom. The predicted molar refractivity (Wildman–Crippen MR) is 108 cm³/mol. The number of carbonyl (C=O) groups excluding carboxylic acids is 1. The number of benzene rings is 2. The van der Waals surface area contributed by atoms with Crippen LogP contribution in [0.5, 0.6) is 0 Å². The number of nitrogens with zero attached hydrogens (tertiary/aromatic N) is 3. The normalized spacial score (nSPS) is 13.2. The van der Waals surface area contributed by atoms with Crippen molar-refractivity contribution in [3.8, 4) is 5.69 Å². The standard InChI is InChI=1S/C20H17BrN4O2/c1-13-5-7-16(8-6-13)25-18(17(12-23-25)20-22-9-10-27-20)24-19(26)14-3-2-4-15(21)11-14/h2-8,11-12H,9-10H2,1H3,(H,24,26). The van der Waals surface area contributed by atoms with Crippen LogP contribution < -0.4 is 5.32 Å². The first-order chi connectivity index (χ1) is 13.1. The number of ether oxygens (including phenoxy) is 1. The van der Waals surface area contributed by atoms with Crippen LogP contribution in [0.15, 0.2) is 64.2 Å². The molecule has 0 radical (unpaired) electrons.